The average Bonchev–Trinajstić information content (AvgIpc) is 2.45. The summed E-state index contributed by atoms with van der Waals surface area (Å²) in [6, 6.07) is 7.86. The van der Waals surface area contributed by atoms with Gasteiger partial charge in [-0.25, -0.2) is 0 Å². The van der Waals surface area contributed by atoms with Crippen molar-refractivity contribution >= 4 is 5.91 Å². The Morgan fingerprint density at radius 2 is 2.00 bits per heavy atom. The molecule has 1 aliphatic heterocycles. The maximum Gasteiger partial charge on any atom is 0.263 e. The summed E-state index contributed by atoms with van der Waals surface area (Å²) < 4.78 is 5.96. The van der Waals surface area contributed by atoms with Gasteiger partial charge in [0, 0.05) is 26.2 Å². The highest BCUT2D eigenvalue weighted by Gasteiger charge is 2.29. The Balaban J connectivity index is 2.08. The molecular formula is C16H24N2O2. The van der Waals surface area contributed by atoms with E-state index in [-0.39, 0.29) is 11.8 Å². The molecule has 1 N–H and O–H groups in total. The lowest BCUT2D eigenvalue weighted by Gasteiger charge is -2.32. The molecule has 1 atom stereocenters. The number of piperazine rings is 1. The van der Waals surface area contributed by atoms with Crippen molar-refractivity contribution in [3.63, 3.8) is 0 Å². The summed E-state index contributed by atoms with van der Waals surface area (Å²) in [7, 11) is 0. The highest BCUT2D eigenvalue weighted by Crippen LogP contribution is 2.19. The minimum absolute atomic E-state index is 0.100. The lowest BCUT2D eigenvalue weighted by Crippen LogP contribution is -2.52. The van der Waals surface area contributed by atoms with Gasteiger partial charge >= 0.3 is 0 Å². The van der Waals surface area contributed by atoms with Crippen molar-refractivity contribution in [2.75, 3.05) is 26.2 Å². The molecule has 0 aromatic heterocycles. The van der Waals surface area contributed by atoms with Crippen LogP contribution < -0.4 is 10.1 Å². The van der Waals surface area contributed by atoms with E-state index in [4.69, 9.17) is 4.74 Å². The summed E-state index contributed by atoms with van der Waals surface area (Å²) in [4.78, 5) is 14.5. The summed E-state index contributed by atoms with van der Waals surface area (Å²) in [5.41, 5.74) is 1.14. The molecule has 0 spiro atoms. The number of nitrogens with one attached hydrogen (secondary N) is 1. The van der Waals surface area contributed by atoms with Gasteiger partial charge in [0.05, 0.1) is 0 Å². The molecule has 20 heavy (non-hydrogen) atoms. The van der Waals surface area contributed by atoms with Crippen LogP contribution >= 0.6 is 0 Å². The molecule has 1 aromatic rings. The number of aryl methyl sites for hydroxylation is 1. The van der Waals surface area contributed by atoms with Crippen LogP contribution in [0.15, 0.2) is 24.3 Å². The molecule has 1 fully saturated rings. The van der Waals surface area contributed by atoms with E-state index in [2.05, 4.69) is 5.32 Å². The zero-order valence-corrected chi connectivity index (χ0v) is 12.6. The Hall–Kier alpha value is -1.55. The van der Waals surface area contributed by atoms with Crippen molar-refractivity contribution < 1.29 is 9.53 Å². The van der Waals surface area contributed by atoms with Gasteiger partial charge in [-0.1, -0.05) is 26.0 Å². The van der Waals surface area contributed by atoms with Crippen LogP contribution in [-0.4, -0.2) is 43.1 Å². The topological polar surface area (TPSA) is 41.6 Å². The molecule has 1 aliphatic rings. The van der Waals surface area contributed by atoms with E-state index < -0.39 is 6.10 Å². The molecular weight excluding hydrogens is 252 g/mol. The molecule has 1 saturated heterocycles. The quantitative estimate of drug-likeness (QED) is 0.912. The number of hydrogen-bond acceptors (Lipinski definition) is 3. The zero-order chi connectivity index (χ0) is 14.5. The van der Waals surface area contributed by atoms with Crippen LogP contribution in [0.2, 0.25) is 0 Å². The summed E-state index contributed by atoms with van der Waals surface area (Å²) >= 11 is 0. The summed E-state index contributed by atoms with van der Waals surface area (Å²) in [5, 5.41) is 3.26. The van der Waals surface area contributed by atoms with E-state index in [0.717, 1.165) is 37.5 Å². The highest BCUT2D eigenvalue weighted by molar-refractivity contribution is 5.81. The van der Waals surface area contributed by atoms with Gasteiger partial charge in [0.15, 0.2) is 6.10 Å². The van der Waals surface area contributed by atoms with Crippen LogP contribution in [0.1, 0.15) is 19.4 Å². The summed E-state index contributed by atoms with van der Waals surface area (Å²) in [5.74, 6) is 1.02. The Morgan fingerprint density at radius 3 is 2.60 bits per heavy atom. The van der Waals surface area contributed by atoms with Gasteiger partial charge in [0.25, 0.3) is 5.91 Å². The van der Waals surface area contributed by atoms with Gasteiger partial charge < -0.3 is 15.0 Å². The molecule has 0 bridgehead atoms. The second-order valence-corrected chi connectivity index (χ2v) is 5.67. The largest absolute Gasteiger partial charge is 0.480 e. The van der Waals surface area contributed by atoms with Crippen molar-refractivity contribution in [2.45, 2.75) is 26.9 Å². The molecule has 4 heteroatoms. The van der Waals surface area contributed by atoms with Crippen LogP contribution in [-0.2, 0) is 4.79 Å². The Kier molecular flexibility index (Phi) is 5.01. The van der Waals surface area contributed by atoms with Crippen LogP contribution in [0.3, 0.4) is 0 Å². The molecule has 0 radical (unpaired) electrons. The first-order chi connectivity index (χ1) is 9.58. The second kappa shape index (κ2) is 6.75. The second-order valence-electron chi connectivity index (χ2n) is 5.67. The fourth-order valence-corrected chi connectivity index (χ4v) is 2.37. The van der Waals surface area contributed by atoms with Crippen molar-refractivity contribution in [3.05, 3.63) is 29.8 Å². The third kappa shape index (κ3) is 3.73. The van der Waals surface area contributed by atoms with E-state index in [1.807, 2.05) is 49.9 Å². The van der Waals surface area contributed by atoms with Crippen molar-refractivity contribution in [1.29, 1.82) is 0 Å². The fourth-order valence-electron chi connectivity index (χ4n) is 2.37. The van der Waals surface area contributed by atoms with E-state index in [1.165, 1.54) is 0 Å². The van der Waals surface area contributed by atoms with Crippen molar-refractivity contribution in [2.24, 2.45) is 5.92 Å². The minimum atomic E-state index is -0.408. The molecule has 1 unspecified atom stereocenters. The third-order valence-corrected chi connectivity index (χ3v) is 3.53. The zero-order valence-electron chi connectivity index (χ0n) is 12.6. The molecule has 2 rings (SSSR count). The predicted octanol–water partition coefficient (Wildman–Crippen LogP) is 1.83. The van der Waals surface area contributed by atoms with E-state index in [9.17, 15) is 4.79 Å². The Bertz CT molecular complexity index is 454. The van der Waals surface area contributed by atoms with E-state index in [0.29, 0.717) is 0 Å². The normalized spacial score (nSPS) is 17.1. The van der Waals surface area contributed by atoms with E-state index in [1.54, 1.807) is 0 Å². The number of amides is 1. The molecule has 1 heterocycles. The van der Waals surface area contributed by atoms with Crippen LogP contribution in [0.4, 0.5) is 0 Å². The van der Waals surface area contributed by atoms with Gasteiger partial charge in [-0.3, -0.25) is 4.79 Å². The standard InChI is InChI=1S/C16H24N2O2/c1-12(2)15(16(19)18-9-7-17-8-10-18)20-14-6-4-5-13(3)11-14/h4-6,11-12,15,17H,7-10H2,1-3H3. The van der Waals surface area contributed by atoms with Gasteiger partial charge in [-0.05, 0) is 30.5 Å². The SMILES string of the molecule is Cc1cccc(OC(C(=O)N2CCNCC2)C(C)C)c1. The highest BCUT2D eigenvalue weighted by atomic mass is 16.5. The van der Waals surface area contributed by atoms with Crippen LogP contribution in [0, 0.1) is 12.8 Å². The maximum atomic E-state index is 12.6. The third-order valence-electron chi connectivity index (χ3n) is 3.53. The molecule has 4 nitrogen and oxygen atoms in total. The smallest absolute Gasteiger partial charge is 0.263 e. The summed E-state index contributed by atoms with van der Waals surface area (Å²) in [6.45, 7) is 9.33. The van der Waals surface area contributed by atoms with Gasteiger partial charge in [-0.15, -0.1) is 0 Å². The lowest BCUT2D eigenvalue weighted by atomic mass is 10.1. The number of nitrogens with zero attached hydrogens (tertiary/aromatic N) is 1. The first-order valence-electron chi connectivity index (χ1n) is 7.31. The molecule has 110 valence electrons. The average molecular weight is 276 g/mol. The molecule has 0 saturated carbocycles. The van der Waals surface area contributed by atoms with Gasteiger partial charge in [0.1, 0.15) is 5.75 Å². The van der Waals surface area contributed by atoms with Crippen molar-refractivity contribution in [1.82, 2.24) is 10.2 Å². The van der Waals surface area contributed by atoms with Crippen molar-refractivity contribution in [3.8, 4) is 5.75 Å². The summed E-state index contributed by atoms with van der Waals surface area (Å²) in [6.07, 6.45) is -0.408. The van der Waals surface area contributed by atoms with Crippen LogP contribution in [0.5, 0.6) is 5.75 Å². The minimum Gasteiger partial charge on any atom is -0.480 e. The molecule has 0 aliphatic carbocycles. The van der Waals surface area contributed by atoms with Crippen LogP contribution in [0.25, 0.3) is 0 Å². The lowest BCUT2D eigenvalue weighted by molar-refractivity contribution is -0.141. The Morgan fingerprint density at radius 1 is 1.30 bits per heavy atom. The number of rotatable bonds is 4. The predicted molar refractivity (Wildman–Crippen MR) is 79.9 cm³/mol. The van der Waals surface area contributed by atoms with Gasteiger partial charge in [0.2, 0.25) is 0 Å². The number of ether oxygens (including phenoxy) is 1. The number of benzene rings is 1. The number of hydrogen-bond donors (Lipinski definition) is 1. The number of carbonyl (C=O) groups is 1. The fraction of sp³-hybridized carbons (Fsp3) is 0.562. The molecule has 1 aromatic carbocycles. The monoisotopic (exact) mass is 276 g/mol. The first kappa shape index (κ1) is 14.9. The first-order valence-corrected chi connectivity index (χ1v) is 7.31. The maximum absolute atomic E-state index is 12.6. The Labute approximate surface area is 121 Å². The molecule has 1 amide bonds. The van der Waals surface area contributed by atoms with Gasteiger partial charge in [-0.2, -0.15) is 0 Å². The van der Waals surface area contributed by atoms with E-state index >= 15 is 0 Å². The number of carbonyl (C=O) groups excluding carboxylic acids is 1.